The molecule has 0 saturated carbocycles. The van der Waals surface area contributed by atoms with E-state index >= 15 is 0 Å². The quantitative estimate of drug-likeness (QED) is 0.566. The summed E-state index contributed by atoms with van der Waals surface area (Å²) in [6, 6.07) is 17.2. The van der Waals surface area contributed by atoms with Crippen molar-refractivity contribution >= 4 is 34.5 Å². The zero-order valence-electron chi connectivity index (χ0n) is 13.0. The van der Waals surface area contributed by atoms with Crippen molar-refractivity contribution in [1.29, 1.82) is 0 Å². The molecule has 2 aromatic carbocycles. The Kier molecular flexibility index (Phi) is 4.57. The maximum absolute atomic E-state index is 12.4. The number of ether oxygens (including phenoxy) is 1. The van der Waals surface area contributed by atoms with Crippen LogP contribution in [0, 0.1) is 0 Å². The maximum Gasteiger partial charge on any atom is 0.333 e. The molecular weight excluding hydrogens is 308 g/mol. The summed E-state index contributed by atoms with van der Waals surface area (Å²) in [4.78, 5) is 12.4. The van der Waals surface area contributed by atoms with Gasteiger partial charge in [-0.2, -0.15) is 0 Å². The minimum absolute atomic E-state index is 0.281. The number of nitrogens with one attached hydrogen (secondary N) is 1. The summed E-state index contributed by atoms with van der Waals surface area (Å²) >= 11 is 1.54. The Morgan fingerprint density at radius 1 is 1.13 bits per heavy atom. The number of nitrogens with zero attached hydrogens (tertiary/aromatic N) is 1. The van der Waals surface area contributed by atoms with Crippen molar-refractivity contribution in [3.8, 4) is 0 Å². The van der Waals surface area contributed by atoms with Gasteiger partial charge in [0.15, 0.2) is 6.04 Å². The molecular formula is C18H18N2O2S. The van der Waals surface area contributed by atoms with Crippen LogP contribution in [0.25, 0.3) is 10.9 Å². The van der Waals surface area contributed by atoms with E-state index in [1.165, 1.54) is 7.11 Å². The molecule has 0 saturated heterocycles. The lowest BCUT2D eigenvalue weighted by atomic mass is 10.1. The first-order valence-corrected chi connectivity index (χ1v) is 8.50. The molecule has 0 spiro atoms. The number of aromatic nitrogens is 1. The number of benzene rings is 2. The highest BCUT2D eigenvalue weighted by atomic mass is 32.2. The number of rotatable bonds is 5. The van der Waals surface area contributed by atoms with Crippen molar-refractivity contribution in [3.63, 3.8) is 0 Å². The fourth-order valence-electron chi connectivity index (χ4n) is 2.77. The van der Waals surface area contributed by atoms with Gasteiger partial charge in [-0.15, -0.1) is 0 Å². The summed E-state index contributed by atoms with van der Waals surface area (Å²) in [5.41, 5.74) is 2.92. The highest BCUT2D eigenvalue weighted by molar-refractivity contribution is 7.99. The van der Waals surface area contributed by atoms with Crippen molar-refractivity contribution in [1.82, 2.24) is 4.57 Å². The van der Waals surface area contributed by atoms with Crippen LogP contribution in [0.3, 0.4) is 0 Å². The van der Waals surface area contributed by atoms with E-state index in [2.05, 4.69) is 4.72 Å². The Bertz CT molecular complexity index is 814. The molecule has 1 N–H and O–H groups in total. The van der Waals surface area contributed by atoms with Crippen molar-refractivity contribution in [2.45, 2.75) is 6.04 Å². The van der Waals surface area contributed by atoms with Gasteiger partial charge in [0.2, 0.25) is 0 Å². The second-order valence-corrected chi connectivity index (χ2v) is 5.72. The normalized spacial score (nSPS) is 12.1. The molecule has 1 atom stereocenters. The summed E-state index contributed by atoms with van der Waals surface area (Å²) in [7, 11) is 1.42. The van der Waals surface area contributed by atoms with Crippen LogP contribution in [0.2, 0.25) is 0 Å². The molecule has 0 radical (unpaired) electrons. The number of carbonyl (C=O) groups is 1. The van der Waals surface area contributed by atoms with E-state index < -0.39 is 6.04 Å². The third-order valence-electron chi connectivity index (χ3n) is 3.79. The van der Waals surface area contributed by atoms with Crippen LogP contribution in [0.5, 0.6) is 0 Å². The predicted octanol–water partition coefficient (Wildman–Crippen LogP) is 4.09. The zero-order valence-corrected chi connectivity index (χ0v) is 13.8. The highest BCUT2D eigenvalue weighted by Gasteiger charge is 2.24. The van der Waals surface area contributed by atoms with E-state index in [0.717, 1.165) is 22.2 Å². The summed E-state index contributed by atoms with van der Waals surface area (Å²) in [6.07, 6.45) is 3.92. The molecule has 4 nitrogen and oxygen atoms in total. The van der Waals surface area contributed by atoms with Gasteiger partial charge in [0.1, 0.15) is 0 Å². The Morgan fingerprint density at radius 2 is 1.91 bits per heavy atom. The summed E-state index contributed by atoms with van der Waals surface area (Å²) in [5, 5.41) is 1.08. The van der Waals surface area contributed by atoms with Crippen LogP contribution in [0.4, 0.5) is 5.69 Å². The van der Waals surface area contributed by atoms with Gasteiger partial charge in [-0.3, -0.25) is 0 Å². The third kappa shape index (κ3) is 2.92. The van der Waals surface area contributed by atoms with Crippen LogP contribution in [0.1, 0.15) is 11.6 Å². The lowest BCUT2D eigenvalue weighted by Gasteiger charge is -2.18. The second kappa shape index (κ2) is 6.79. The molecule has 5 heteroatoms. The van der Waals surface area contributed by atoms with Gasteiger partial charge in [0.05, 0.1) is 18.3 Å². The first-order chi connectivity index (χ1) is 11.3. The van der Waals surface area contributed by atoms with Gasteiger partial charge in [0.25, 0.3) is 0 Å². The predicted molar refractivity (Wildman–Crippen MR) is 95.7 cm³/mol. The van der Waals surface area contributed by atoms with E-state index in [-0.39, 0.29) is 5.97 Å². The van der Waals surface area contributed by atoms with Gasteiger partial charge >= 0.3 is 5.97 Å². The molecule has 118 valence electrons. The average molecular weight is 326 g/mol. The monoisotopic (exact) mass is 326 g/mol. The summed E-state index contributed by atoms with van der Waals surface area (Å²) in [5.74, 6) is -0.281. The van der Waals surface area contributed by atoms with Crippen LogP contribution < -0.4 is 4.72 Å². The van der Waals surface area contributed by atoms with E-state index in [9.17, 15) is 4.79 Å². The Morgan fingerprint density at radius 3 is 2.61 bits per heavy atom. The largest absolute Gasteiger partial charge is 0.467 e. The van der Waals surface area contributed by atoms with Crippen molar-refractivity contribution in [3.05, 3.63) is 66.4 Å². The van der Waals surface area contributed by atoms with Gasteiger partial charge < -0.3 is 14.0 Å². The van der Waals surface area contributed by atoms with Crippen molar-refractivity contribution in [2.75, 3.05) is 18.1 Å². The van der Waals surface area contributed by atoms with E-state index in [1.54, 1.807) is 11.9 Å². The average Bonchev–Trinajstić information content (AvgIpc) is 3.01. The molecule has 0 amide bonds. The SMILES string of the molecule is COC(=O)C(c1ccccc1)n1ccc2c(NSC)cccc21. The van der Waals surface area contributed by atoms with E-state index in [0.29, 0.717) is 0 Å². The number of hydrogen-bond donors (Lipinski definition) is 1. The topological polar surface area (TPSA) is 43.3 Å². The third-order valence-corrected chi connectivity index (χ3v) is 4.22. The first kappa shape index (κ1) is 15.5. The second-order valence-electron chi connectivity index (χ2n) is 5.10. The number of anilines is 1. The minimum Gasteiger partial charge on any atom is -0.467 e. The zero-order chi connectivity index (χ0) is 16.2. The molecule has 1 unspecified atom stereocenters. The lowest BCUT2D eigenvalue weighted by Crippen LogP contribution is -2.21. The number of carbonyl (C=O) groups excluding carboxylic acids is 1. The molecule has 0 aliphatic carbocycles. The Balaban J connectivity index is 2.16. The number of methoxy groups -OCH3 is 1. The molecule has 1 heterocycles. The fourth-order valence-corrected chi connectivity index (χ4v) is 3.17. The molecule has 3 aromatic rings. The van der Waals surface area contributed by atoms with Crippen LogP contribution in [-0.2, 0) is 9.53 Å². The fraction of sp³-hybridized carbons (Fsp3) is 0.167. The van der Waals surface area contributed by atoms with Gasteiger partial charge in [0, 0.05) is 17.8 Å². The molecule has 1 aromatic heterocycles. The number of esters is 1. The molecule has 23 heavy (non-hydrogen) atoms. The van der Waals surface area contributed by atoms with Crippen molar-refractivity contribution in [2.24, 2.45) is 0 Å². The van der Waals surface area contributed by atoms with E-state index in [4.69, 9.17) is 4.74 Å². The molecule has 0 aliphatic rings. The molecule has 0 bridgehead atoms. The minimum atomic E-state index is -0.497. The Labute approximate surface area is 139 Å². The highest BCUT2D eigenvalue weighted by Crippen LogP contribution is 2.31. The number of fused-ring (bicyclic) bond motifs is 1. The molecule has 0 aliphatic heterocycles. The number of hydrogen-bond acceptors (Lipinski definition) is 4. The molecule has 3 rings (SSSR count). The van der Waals surface area contributed by atoms with Crippen LogP contribution in [-0.4, -0.2) is 23.9 Å². The van der Waals surface area contributed by atoms with Gasteiger partial charge in [-0.1, -0.05) is 48.3 Å². The summed E-state index contributed by atoms with van der Waals surface area (Å²) in [6.45, 7) is 0. The van der Waals surface area contributed by atoms with Gasteiger partial charge in [-0.25, -0.2) is 4.79 Å². The maximum atomic E-state index is 12.4. The van der Waals surface area contributed by atoms with Crippen molar-refractivity contribution < 1.29 is 9.53 Å². The van der Waals surface area contributed by atoms with Gasteiger partial charge in [-0.05, 0) is 23.8 Å². The van der Waals surface area contributed by atoms with Crippen LogP contribution >= 0.6 is 11.9 Å². The van der Waals surface area contributed by atoms with E-state index in [1.807, 2.05) is 71.6 Å². The smallest absolute Gasteiger partial charge is 0.333 e. The summed E-state index contributed by atoms with van der Waals surface area (Å²) < 4.78 is 10.3. The standard InChI is InChI=1S/C18H18N2O2S/c1-22-18(21)17(13-7-4-3-5-8-13)20-12-11-14-15(19-23-2)9-6-10-16(14)20/h3-12,17,19H,1-2H3. The van der Waals surface area contributed by atoms with Crippen LogP contribution in [0.15, 0.2) is 60.8 Å². The lowest BCUT2D eigenvalue weighted by molar-refractivity contribution is -0.143. The first-order valence-electron chi connectivity index (χ1n) is 7.27. The molecule has 0 fully saturated rings. The Hall–Kier alpha value is -2.40.